The fraction of sp³-hybridized carbons (Fsp3) is 0.364. The Morgan fingerprint density at radius 2 is 1.84 bits per heavy atom. The summed E-state index contributed by atoms with van der Waals surface area (Å²) in [4.78, 5) is 9.07. The van der Waals surface area contributed by atoms with Gasteiger partial charge in [0.05, 0.1) is 19.3 Å². The molecule has 2 aliphatic heterocycles. The zero-order chi connectivity index (χ0) is 21.4. The highest BCUT2D eigenvalue weighted by Crippen LogP contribution is 2.26. The van der Waals surface area contributed by atoms with Crippen LogP contribution in [0.5, 0.6) is 0 Å². The SMILES string of the molecule is Cc1cc(Nc2ncn(-c3cc(F)ccc3F)n2)cc(N2CCN(C3COC3)CC2)c1. The van der Waals surface area contributed by atoms with Gasteiger partial charge in [-0.05, 0) is 42.8 Å². The maximum atomic E-state index is 14.0. The van der Waals surface area contributed by atoms with Crippen LogP contribution in [0.4, 0.5) is 26.1 Å². The number of hydrogen-bond donors (Lipinski definition) is 1. The van der Waals surface area contributed by atoms with Crippen LogP contribution in [0.1, 0.15) is 5.56 Å². The number of anilines is 3. The van der Waals surface area contributed by atoms with Crippen LogP contribution in [0.3, 0.4) is 0 Å². The average Bonchev–Trinajstić information content (AvgIpc) is 3.17. The van der Waals surface area contributed by atoms with Gasteiger partial charge in [0, 0.05) is 43.6 Å². The third kappa shape index (κ3) is 4.24. The number of benzene rings is 2. The molecule has 0 radical (unpaired) electrons. The van der Waals surface area contributed by atoms with Gasteiger partial charge in [-0.3, -0.25) is 4.90 Å². The third-order valence-electron chi connectivity index (χ3n) is 5.78. The maximum absolute atomic E-state index is 14.0. The van der Waals surface area contributed by atoms with E-state index in [9.17, 15) is 8.78 Å². The lowest BCUT2D eigenvalue weighted by atomic mass is 10.1. The molecular formula is C22H24F2N6O. The second-order valence-electron chi connectivity index (χ2n) is 8.01. The van der Waals surface area contributed by atoms with E-state index in [4.69, 9.17) is 4.74 Å². The van der Waals surface area contributed by atoms with E-state index in [1.54, 1.807) is 0 Å². The minimum atomic E-state index is -0.566. The van der Waals surface area contributed by atoms with E-state index in [-0.39, 0.29) is 5.69 Å². The van der Waals surface area contributed by atoms with Gasteiger partial charge in [-0.15, -0.1) is 5.10 Å². The lowest BCUT2D eigenvalue weighted by Crippen LogP contribution is -2.56. The van der Waals surface area contributed by atoms with Crippen LogP contribution >= 0.6 is 0 Å². The quantitative estimate of drug-likeness (QED) is 0.677. The van der Waals surface area contributed by atoms with Gasteiger partial charge in [-0.2, -0.15) is 4.98 Å². The molecule has 31 heavy (non-hydrogen) atoms. The van der Waals surface area contributed by atoms with E-state index >= 15 is 0 Å². The van der Waals surface area contributed by atoms with Gasteiger partial charge in [0.1, 0.15) is 23.6 Å². The first-order chi connectivity index (χ1) is 15.0. The van der Waals surface area contributed by atoms with Gasteiger partial charge >= 0.3 is 0 Å². The Kier molecular flexibility index (Phi) is 5.29. The normalized spacial score (nSPS) is 17.6. The monoisotopic (exact) mass is 426 g/mol. The van der Waals surface area contributed by atoms with Gasteiger partial charge in [0.2, 0.25) is 5.95 Å². The first-order valence-corrected chi connectivity index (χ1v) is 10.4. The molecule has 2 aliphatic rings. The largest absolute Gasteiger partial charge is 0.378 e. The summed E-state index contributed by atoms with van der Waals surface area (Å²) < 4.78 is 34.0. The first kappa shape index (κ1) is 19.9. The Morgan fingerprint density at radius 1 is 1.03 bits per heavy atom. The lowest BCUT2D eigenvalue weighted by molar-refractivity contribution is -0.0660. The molecule has 9 heteroatoms. The highest BCUT2D eigenvalue weighted by atomic mass is 19.1. The Bertz CT molecular complexity index is 1080. The molecule has 2 fully saturated rings. The van der Waals surface area contributed by atoms with Crippen molar-refractivity contribution in [1.82, 2.24) is 19.7 Å². The number of aromatic nitrogens is 3. The summed E-state index contributed by atoms with van der Waals surface area (Å²) in [7, 11) is 0. The van der Waals surface area contributed by atoms with Crippen molar-refractivity contribution in [2.75, 3.05) is 49.6 Å². The molecule has 1 N–H and O–H groups in total. The highest BCUT2D eigenvalue weighted by Gasteiger charge is 2.29. The molecule has 3 heterocycles. The van der Waals surface area contributed by atoms with Gasteiger partial charge in [0.15, 0.2) is 0 Å². The molecule has 0 atom stereocenters. The first-order valence-electron chi connectivity index (χ1n) is 10.4. The van der Waals surface area contributed by atoms with E-state index in [1.807, 2.05) is 13.0 Å². The summed E-state index contributed by atoms with van der Waals surface area (Å²) in [6, 6.07) is 10.1. The molecule has 5 rings (SSSR count). The van der Waals surface area contributed by atoms with Crippen LogP contribution in [0, 0.1) is 18.6 Å². The smallest absolute Gasteiger partial charge is 0.246 e. The minimum absolute atomic E-state index is 0.0141. The standard InChI is InChI=1S/C22H24F2N6O/c1-15-8-17(11-18(9-15)28-4-6-29(7-5-28)19-12-31-13-19)26-22-25-14-30(27-22)21-10-16(23)2-3-20(21)24/h2-3,8-11,14,19H,4-7,12-13H2,1H3,(H,26,27). The number of aryl methyl sites for hydroxylation is 1. The molecule has 0 saturated carbocycles. The van der Waals surface area contributed by atoms with E-state index in [1.165, 1.54) is 11.0 Å². The molecular weight excluding hydrogens is 402 g/mol. The predicted molar refractivity (Wildman–Crippen MR) is 114 cm³/mol. The minimum Gasteiger partial charge on any atom is -0.378 e. The summed E-state index contributed by atoms with van der Waals surface area (Å²) in [5, 5.41) is 7.43. The van der Waals surface area contributed by atoms with Gasteiger partial charge in [-0.1, -0.05) is 0 Å². The summed E-state index contributed by atoms with van der Waals surface area (Å²) in [5.74, 6) is -0.784. The molecule has 0 bridgehead atoms. The van der Waals surface area contributed by atoms with Crippen molar-refractivity contribution >= 4 is 17.3 Å². The van der Waals surface area contributed by atoms with Gasteiger partial charge < -0.3 is 15.0 Å². The zero-order valence-corrected chi connectivity index (χ0v) is 17.3. The number of hydrogen-bond acceptors (Lipinski definition) is 6. The number of nitrogens with one attached hydrogen (secondary N) is 1. The topological polar surface area (TPSA) is 58.5 Å². The summed E-state index contributed by atoms with van der Waals surface area (Å²) >= 11 is 0. The van der Waals surface area contributed by atoms with E-state index in [2.05, 4.69) is 37.3 Å². The highest BCUT2D eigenvalue weighted by molar-refractivity contribution is 5.64. The lowest BCUT2D eigenvalue weighted by Gasteiger charge is -2.43. The molecule has 3 aromatic rings. The number of nitrogens with zero attached hydrogens (tertiary/aromatic N) is 5. The zero-order valence-electron chi connectivity index (χ0n) is 17.3. The Labute approximate surface area is 179 Å². The van der Waals surface area contributed by atoms with Crippen molar-refractivity contribution < 1.29 is 13.5 Å². The van der Waals surface area contributed by atoms with E-state index in [0.717, 1.165) is 74.5 Å². The fourth-order valence-electron chi connectivity index (χ4n) is 4.02. The molecule has 0 unspecified atom stereocenters. The van der Waals surface area contributed by atoms with Crippen LogP contribution in [0.15, 0.2) is 42.7 Å². The second kappa shape index (κ2) is 8.24. The van der Waals surface area contributed by atoms with Crippen LogP contribution in [-0.4, -0.2) is 65.1 Å². The Balaban J connectivity index is 1.30. The Morgan fingerprint density at radius 3 is 2.58 bits per heavy atom. The van der Waals surface area contributed by atoms with E-state index in [0.29, 0.717) is 12.0 Å². The third-order valence-corrected chi connectivity index (χ3v) is 5.78. The molecule has 2 aromatic carbocycles. The molecule has 0 aliphatic carbocycles. The van der Waals surface area contributed by atoms with Crippen LogP contribution < -0.4 is 10.2 Å². The van der Waals surface area contributed by atoms with E-state index < -0.39 is 11.6 Å². The van der Waals surface area contributed by atoms with Crippen LogP contribution in [-0.2, 0) is 4.74 Å². The van der Waals surface area contributed by atoms with Crippen molar-refractivity contribution in [3.05, 3.63) is 59.9 Å². The Hall–Kier alpha value is -3.04. The summed E-state index contributed by atoms with van der Waals surface area (Å²) in [6.07, 6.45) is 1.36. The number of piperazine rings is 1. The molecule has 162 valence electrons. The van der Waals surface area contributed by atoms with Crippen molar-refractivity contribution in [3.8, 4) is 5.69 Å². The van der Waals surface area contributed by atoms with Crippen molar-refractivity contribution in [2.24, 2.45) is 0 Å². The van der Waals surface area contributed by atoms with Gasteiger partial charge in [-0.25, -0.2) is 13.5 Å². The second-order valence-corrected chi connectivity index (χ2v) is 8.01. The average molecular weight is 426 g/mol. The summed E-state index contributed by atoms with van der Waals surface area (Å²) in [5.41, 5.74) is 3.12. The van der Waals surface area contributed by atoms with Crippen molar-refractivity contribution in [1.29, 1.82) is 0 Å². The molecule has 1 aromatic heterocycles. The molecule has 2 saturated heterocycles. The van der Waals surface area contributed by atoms with Gasteiger partial charge in [0.25, 0.3) is 0 Å². The van der Waals surface area contributed by atoms with Crippen molar-refractivity contribution in [2.45, 2.75) is 13.0 Å². The predicted octanol–water partition coefficient (Wildman–Crippen LogP) is 3.12. The number of ether oxygens (including phenoxy) is 1. The molecule has 7 nitrogen and oxygen atoms in total. The fourth-order valence-corrected chi connectivity index (χ4v) is 4.02. The summed E-state index contributed by atoms with van der Waals surface area (Å²) in [6.45, 7) is 7.71. The maximum Gasteiger partial charge on any atom is 0.246 e. The molecule has 0 amide bonds. The number of rotatable bonds is 5. The van der Waals surface area contributed by atoms with Crippen LogP contribution in [0.2, 0.25) is 0 Å². The van der Waals surface area contributed by atoms with Crippen LogP contribution in [0.25, 0.3) is 5.69 Å². The number of halogens is 2. The van der Waals surface area contributed by atoms with Crippen molar-refractivity contribution in [3.63, 3.8) is 0 Å². The molecule has 0 spiro atoms.